The lowest BCUT2D eigenvalue weighted by Crippen LogP contribution is -2.00. The fourth-order valence-electron chi connectivity index (χ4n) is 2.03. The second-order valence-corrected chi connectivity index (χ2v) is 5.69. The molecule has 2 N–H and O–H groups in total. The third-order valence-corrected chi connectivity index (χ3v) is 3.77. The number of nitrogens with zero attached hydrogens (tertiary/aromatic N) is 1. The summed E-state index contributed by atoms with van der Waals surface area (Å²) in [5.41, 5.74) is 2.53. The zero-order chi connectivity index (χ0) is 16.2. The first-order chi connectivity index (χ1) is 11.1. The summed E-state index contributed by atoms with van der Waals surface area (Å²) in [5, 5.41) is 15.3. The fourth-order valence-corrected chi connectivity index (χ4v) is 2.77. The minimum atomic E-state index is -0.344. The number of esters is 1. The molecule has 0 aliphatic heterocycles. The Hall–Kier alpha value is -2.38. The van der Waals surface area contributed by atoms with Crippen LogP contribution in [0.2, 0.25) is 0 Å². The average Bonchev–Trinajstić information content (AvgIpc) is 2.96. The summed E-state index contributed by atoms with van der Waals surface area (Å²) in [6.45, 7) is 1.37. The van der Waals surface area contributed by atoms with Crippen LogP contribution in [0.1, 0.15) is 6.92 Å². The van der Waals surface area contributed by atoms with E-state index in [0.29, 0.717) is 5.75 Å². The maximum Gasteiger partial charge on any atom is 0.308 e. The Kier molecular flexibility index (Phi) is 5.94. The van der Waals surface area contributed by atoms with Crippen molar-refractivity contribution in [3.63, 3.8) is 0 Å². The molecule has 24 heavy (non-hydrogen) atoms. The number of hydrogen-bond acceptors (Lipinski definition) is 6. The molecule has 0 aliphatic carbocycles. The molecule has 1 heterocycles. The van der Waals surface area contributed by atoms with Gasteiger partial charge in [0.25, 0.3) is 0 Å². The van der Waals surface area contributed by atoms with Crippen LogP contribution in [-0.2, 0) is 4.79 Å². The van der Waals surface area contributed by atoms with Crippen LogP contribution in [0.3, 0.4) is 0 Å². The van der Waals surface area contributed by atoms with E-state index < -0.39 is 0 Å². The molecule has 5 nitrogen and oxygen atoms in total. The molecular formula is C17H15BrN2O3S. The van der Waals surface area contributed by atoms with Gasteiger partial charge < -0.3 is 15.2 Å². The van der Waals surface area contributed by atoms with Crippen LogP contribution in [-0.4, -0.2) is 16.1 Å². The zero-order valence-electron chi connectivity index (χ0n) is 12.7. The highest BCUT2D eigenvalue weighted by molar-refractivity contribution is 8.93. The number of thiazole rings is 1. The molecule has 7 heteroatoms. The van der Waals surface area contributed by atoms with Gasteiger partial charge in [-0.1, -0.05) is 6.07 Å². The molecule has 0 spiro atoms. The largest absolute Gasteiger partial charge is 0.508 e. The van der Waals surface area contributed by atoms with E-state index in [9.17, 15) is 9.90 Å². The van der Waals surface area contributed by atoms with E-state index in [2.05, 4.69) is 10.3 Å². The second kappa shape index (κ2) is 7.94. The Labute approximate surface area is 153 Å². The van der Waals surface area contributed by atoms with Crippen molar-refractivity contribution < 1.29 is 14.6 Å². The van der Waals surface area contributed by atoms with Crippen LogP contribution in [0.4, 0.5) is 10.8 Å². The van der Waals surface area contributed by atoms with Crippen molar-refractivity contribution in [3.05, 3.63) is 53.9 Å². The van der Waals surface area contributed by atoms with E-state index in [0.717, 1.165) is 22.1 Å². The standard InChI is InChI=1S/C17H14N2O3S.BrH/c1-11(20)22-15-7-5-12(6-8-15)16-10-23-17(19-16)18-13-3-2-4-14(21)9-13;/h2-10,21H,1H3,(H,18,19);1H. The number of phenolic OH excluding ortho intramolecular Hbond substituents is 1. The predicted molar refractivity (Wildman–Crippen MR) is 101 cm³/mol. The number of aromatic nitrogens is 1. The minimum Gasteiger partial charge on any atom is -0.508 e. The first-order valence-electron chi connectivity index (χ1n) is 6.90. The van der Waals surface area contributed by atoms with Crippen molar-refractivity contribution in [2.75, 3.05) is 5.32 Å². The third-order valence-electron chi connectivity index (χ3n) is 3.01. The summed E-state index contributed by atoms with van der Waals surface area (Å²) in [5.74, 6) is 0.367. The van der Waals surface area contributed by atoms with E-state index in [4.69, 9.17) is 4.74 Å². The van der Waals surface area contributed by atoms with E-state index >= 15 is 0 Å². The van der Waals surface area contributed by atoms with Gasteiger partial charge in [-0.2, -0.15) is 0 Å². The Morgan fingerprint density at radius 1 is 1.21 bits per heavy atom. The van der Waals surface area contributed by atoms with Gasteiger partial charge >= 0.3 is 5.97 Å². The first-order valence-corrected chi connectivity index (χ1v) is 7.78. The maximum absolute atomic E-state index is 10.9. The molecule has 0 saturated carbocycles. The minimum absolute atomic E-state index is 0. The highest BCUT2D eigenvalue weighted by atomic mass is 79.9. The summed E-state index contributed by atoms with van der Waals surface area (Å²) in [4.78, 5) is 15.4. The van der Waals surface area contributed by atoms with Crippen LogP contribution in [0.25, 0.3) is 11.3 Å². The molecule has 0 bridgehead atoms. The number of hydrogen-bond donors (Lipinski definition) is 2. The van der Waals surface area contributed by atoms with E-state index in [1.807, 2.05) is 23.6 Å². The SMILES string of the molecule is Br.CC(=O)Oc1ccc(-c2csc(Nc3cccc(O)c3)n2)cc1. The molecular weight excluding hydrogens is 392 g/mol. The van der Waals surface area contributed by atoms with Gasteiger partial charge in [0.1, 0.15) is 11.5 Å². The molecule has 0 amide bonds. The van der Waals surface area contributed by atoms with Crippen molar-refractivity contribution in [3.8, 4) is 22.8 Å². The van der Waals surface area contributed by atoms with E-state index in [1.165, 1.54) is 18.3 Å². The Morgan fingerprint density at radius 3 is 2.62 bits per heavy atom. The zero-order valence-corrected chi connectivity index (χ0v) is 15.3. The lowest BCUT2D eigenvalue weighted by Gasteiger charge is -2.03. The Morgan fingerprint density at radius 2 is 1.96 bits per heavy atom. The van der Waals surface area contributed by atoms with Crippen LogP contribution >= 0.6 is 28.3 Å². The number of phenols is 1. The smallest absolute Gasteiger partial charge is 0.308 e. The molecule has 0 fully saturated rings. The first kappa shape index (κ1) is 18.0. The van der Waals surface area contributed by atoms with Crippen LogP contribution in [0.5, 0.6) is 11.5 Å². The maximum atomic E-state index is 10.9. The van der Waals surface area contributed by atoms with Crippen molar-refractivity contribution in [2.45, 2.75) is 6.92 Å². The van der Waals surface area contributed by atoms with Gasteiger partial charge in [0.2, 0.25) is 0 Å². The predicted octanol–water partition coefficient (Wildman–Crippen LogP) is 4.76. The van der Waals surface area contributed by atoms with Gasteiger partial charge in [0, 0.05) is 29.6 Å². The summed E-state index contributed by atoms with van der Waals surface area (Å²) < 4.78 is 5.01. The van der Waals surface area contributed by atoms with Crippen molar-refractivity contribution in [1.29, 1.82) is 0 Å². The molecule has 0 aliphatic rings. The van der Waals surface area contributed by atoms with E-state index in [-0.39, 0.29) is 28.7 Å². The molecule has 124 valence electrons. The number of ether oxygens (including phenoxy) is 1. The van der Waals surface area contributed by atoms with Gasteiger partial charge in [-0.15, -0.1) is 28.3 Å². The highest BCUT2D eigenvalue weighted by Crippen LogP contribution is 2.29. The number of nitrogens with one attached hydrogen (secondary N) is 1. The monoisotopic (exact) mass is 406 g/mol. The fraction of sp³-hybridized carbons (Fsp3) is 0.0588. The van der Waals surface area contributed by atoms with Crippen molar-refractivity contribution >= 4 is 45.1 Å². The number of carbonyl (C=O) groups is 1. The van der Waals surface area contributed by atoms with Gasteiger partial charge in [0.15, 0.2) is 5.13 Å². The third kappa shape index (κ3) is 4.56. The molecule has 0 radical (unpaired) electrons. The van der Waals surface area contributed by atoms with Gasteiger partial charge in [-0.25, -0.2) is 4.98 Å². The Bertz CT molecular complexity index is 834. The normalized spacial score (nSPS) is 9.88. The summed E-state index contributed by atoms with van der Waals surface area (Å²) in [6, 6.07) is 14.0. The molecule has 3 rings (SSSR count). The quantitative estimate of drug-likeness (QED) is 0.482. The lowest BCUT2D eigenvalue weighted by molar-refractivity contribution is -0.131. The lowest BCUT2D eigenvalue weighted by atomic mass is 10.2. The number of aromatic hydroxyl groups is 1. The number of halogens is 1. The summed E-state index contributed by atoms with van der Waals surface area (Å²) in [6.07, 6.45) is 0. The van der Waals surface area contributed by atoms with Crippen molar-refractivity contribution in [2.24, 2.45) is 0 Å². The number of rotatable bonds is 4. The summed E-state index contributed by atoms with van der Waals surface area (Å²) >= 11 is 1.47. The highest BCUT2D eigenvalue weighted by Gasteiger charge is 2.06. The topological polar surface area (TPSA) is 71.5 Å². The summed E-state index contributed by atoms with van der Waals surface area (Å²) in [7, 11) is 0. The molecule has 2 aromatic carbocycles. The molecule has 0 unspecified atom stereocenters. The molecule has 0 saturated heterocycles. The molecule has 3 aromatic rings. The van der Waals surface area contributed by atoms with Crippen LogP contribution in [0, 0.1) is 0 Å². The molecule has 1 aromatic heterocycles. The number of carbonyl (C=O) groups excluding carboxylic acids is 1. The van der Waals surface area contributed by atoms with Crippen molar-refractivity contribution in [1.82, 2.24) is 4.98 Å². The molecule has 0 atom stereocenters. The number of anilines is 2. The van der Waals surface area contributed by atoms with Gasteiger partial charge in [-0.05, 0) is 36.4 Å². The number of benzene rings is 2. The van der Waals surface area contributed by atoms with Gasteiger partial charge in [-0.3, -0.25) is 4.79 Å². The second-order valence-electron chi connectivity index (χ2n) is 4.83. The van der Waals surface area contributed by atoms with Gasteiger partial charge in [0.05, 0.1) is 5.69 Å². The van der Waals surface area contributed by atoms with E-state index in [1.54, 1.807) is 30.3 Å². The Balaban J connectivity index is 0.00000208. The van der Waals surface area contributed by atoms with Crippen LogP contribution < -0.4 is 10.1 Å². The van der Waals surface area contributed by atoms with Crippen LogP contribution in [0.15, 0.2) is 53.9 Å². The average molecular weight is 407 g/mol.